The van der Waals surface area contributed by atoms with Crippen molar-refractivity contribution in [2.24, 2.45) is 0 Å². The van der Waals surface area contributed by atoms with Gasteiger partial charge in [-0.05, 0) is 60.6 Å². The molecule has 0 bridgehead atoms. The maximum Gasteiger partial charge on any atom is 0.227 e. The number of anilines is 2. The van der Waals surface area contributed by atoms with Gasteiger partial charge in [0.25, 0.3) is 0 Å². The van der Waals surface area contributed by atoms with Crippen molar-refractivity contribution in [2.75, 3.05) is 16.8 Å². The van der Waals surface area contributed by atoms with Gasteiger partial charge in [-0.2, -0.15) is 0 Å². The molecule has 0 unspecified atom stereocenters. The van der Waals surface area contributed by atoms with Crippen molar-refractivity contribution in [3.8, 4) is 0 Å². The fraction of sp³-hybridized carbons (Fsp3) is 0.222. The summed E-state index contributed by atoms with van der Waals surface area (Å²) in [6, 6.07) is 15.3. The summed E-state index contributed by atoms with van der Waals surface area (Å²) in [5, 5.41) is 7.52. The van der Waals surface area contributed by atoms with Crippen LogP contribution in [0.3, 0.4) is 0 Å². The molecule has 0 aromatic heterocycles. The summed E-state index contributed by atoms with van der Waals surface area (Å²) in [5.74, 6) is 0.194. The number of amides is 1. The Balaban J connectivity index is 1.57. The van der Waals surface area contributed by atoms with Crippen LogP contribution in [0.2, 0.25) is 5.02 Å². The van der Waals surface area contributed by atoms with Crippen molar-refractivity contribution in [1.29, 1.82) is 0 Å². The molecule has 4 nitrogen and oxygen atoms in total. The molecule has 2 aromatic carbocycles. The van der Waals surface area contributed by atoms with Gasteiger partial charge in [-0.1, -0.05) is 23.7 Å². The molecule has 1 aliphatic rings. The molecule has 2 aromatic rings. The van der Waals surface area contributed by atoms with Crippen molar-refractivity contribution in [3.63, 3.8) is 0 Å². The van der Waals surface area contributed by atoms with Gasteiger partial charge >= 0.3 is 0 Å². The van der Waals surface area contributed by atoms with Crippen LogP contribution in [0.5, 0.6) is 0 Å². The number of halogens is 1. The Hall–Kier alpha value is -2.11. The largest absolute Gasteiger partial charge is 0.358 e. The zero-order valence-corrected chi connectivity index (χ0v) is 14.7. The van der Waals surface area contributed by atoms with E-state index in [-0.39, 0.29) is 5.91 Å². The van der Waals surface area contributed by atoms with E-state index in [0.29, 0.717) is 23.1 Å². The van der Waals surface area contributed by atoms with Gasteiger partial charge in [0.1, 0.15) is 0 Å². The second kappa shape index (κ2) is 7.64. The van der Waals surface area contributed by atoms with Gasteiger partial charge in [0.05, 0.1) is 0 Å². The molecule has 1 fully saturated rings. The second-order valence-corrected chi connectivity index (χ2v) is 6.48. The summed E-state index contributed by atoms with van der Waals surface area (Å²) in [4.78, 5) is 13.7. The molecule has 1 amide bonds. The topological polar surface area (TPSA) is 44.4 Å². The fourth-order valence-corrected chi connectivity index (χ4v) is 2.96. The van der Waals surface area contributed by atoms with Crippen LogP contribution in [0.4, 0.5) is 11.4 Å². The average molecular weight is 360 g/mol. The molecule has 2 N–H and O–H groups in total. The zero-order valence-electron chi connectivity index (χ0n) is 13.1. The molecule has 1 aliphatic heterocycles. The SMILES string of the molecule is O=C1CCCN1c1cccc(CNC(=S)Nc2ccc(Cl)cc2)c1. The highest BCUT2D eigenvalue weighted by molar-refractivity contribution is 7.80. The fourth-order valence-electron chi connectivity index (χ4n) is 2.65. The van der Waals surface area contributed by atoms with E-state index < -0.39 is 0 Å². The van der Waals surface area contributed by atoms with E-state index >= 15 is 0 Å². The number of carbonyl (C=O) groups is 1. The predicted molar refractivity (Wildman–Crippen MR) is 103 cm³/mol. The molecular weight excluding hydrogens is 342 g/mol. The molecule has 0 radical (unpaired) electrons. The number of rotatable bonds is 4. The van der Waals surface area contributed by atoms with Gasteiger partial charge in [0.2, 0.25) is 5.91 Å². The lowest BCUT2D eigenvalue weighted by atomic mass is 10.2. The third-order valence-corrected chi connectivity index (χ3v) is 4.35. The average Bonchev–Trinajstić information content (AvgIpc) is 3.01. The van der Waals surface area contributed by atoms with Gasteiger partial charge in [0, 0.05) is 35.9 Å². The van der Waals surface area contributed by atoms with Crippen LogP contribution in [-0.4, -0.2) is 17.6 Å². The molecule has 1 saturated heterocycles. The van der Waals surface area contributed by atoms with Gasteiger partial charge in [-0.3, -0.25) is 4.79 Å². The third kappa shape index (κ3) is 4.24. The van der Waals surface area contributed by atoms with E-state index in [1.165, 1.54) is 0 Å². The van der Waals surface area contributed by atoms with E-state index in [4.69, 9.17) is 23.8 Å². The van der Waals surface area contributed by atoms with Gasteiger partial charge in [-0.25, -0.2) is 0 Å². The maximum atomic E-state index is 11.8. The molecule has 0 atom stereocenters. The Morgan fingerprint density at radius 1 is 1.21 bits per heavy atom. The number of benzene rings is 2. The molecule has 0 aliphatic carbocycles. The first-order valence-corrected chi connectivity index (χ1v) is 8.60. The first-order chi connectivity index (χ1) is 11.6. The summed E-state index contributed by atoms with van der Waals surface area (Å²) < 4.78 is 0. The van der Waals surface area contributed by atoms with E-state index in [1.54, 1.807) is 0 Å². The van der Waals surface area contributed by atoms with E-state index in [0.717, 1.165) is 29.9 Å². The van der Waals surface area contributed by atoms with E-state index in [2.05, 4.69) is 10.6 Å². The molecule has 3 rings (SSSR count). The van der Waals surface area contributed by atoms with Gasteiger partial charge in [0.15, 0.2) is 5.11 Å². The number of nitrogens with zero attached hydrogens (tertiary/aromatic N) is 1. The Labute approximate surface area is 151 Å². The van der Waals surface area contributed by atoms with Crippen LogP contribution in [0.25, 0.3) is 0 Å². The summed E-state index contributed by atoms with van der Waals surface area (Å²) in [5.41, 5.74) is 2.91. The Morgan fingerprint density at radius 3 is 2.71 bits per heavy atom. The number of nitrogens with one attached hydrogen (secondary N) is 2. The standard InChI is InChI=1S/C18H18ClN3OS/c19-14-6-8-15(9-7-14)21-18(24)20-12-13-3-1-4-16(11-13)22-10-2-5-17(22)23/h1,3-4,6-9,11H,2,5,10,12H2,(H2,20,21,24). The molecular formula is C18H18ClN3OS. The zero-order chi connectivity index (χ0) is 16.9. The Bertz CT molecular complexity index is 748. The van der Waals surface area contributed by atoms with Gasteiger partial charge < -0.3 is 15.5 Å². The molecule has 24 heavy (non-hydrogen) atoms. The molecule has 124 valence electrons. The van der Waals surface area contributed by atoms with Crippen molar-refractivity contribution in [2.45, 2.75) is 19.4 Å². The molecule has 0 saturated carbocycles. The van der Waals surface area contributed by atoms with Crippen molar-refractivity contribution < 1.29 is 4.79 Å². The number of hydrogen-bond donors (Lipinski definition) is 2. The lowest BCUT2D eigenvalue weighted by Crippen LogP contribution is -2.28. The van der Waals surface area contributed by atoms with Gasteiger partial charge in [-0.15, -0.1) is 0 Å². The summed E-state index contributed by atoms with van der Waals surface area (Å²) >= 11 is 11.2. The minimum Gasteiger partial charge on any atom is -0.358 e. The lowest BCUT2D eigenvalue weighted by Gasteiger charge is -2.17. The van der Waals surface area contributed by atoms with Crippen LogP contribution >= 0.6 is 23.8 Å². The maximum absolute atomic E-state index is 11.8. The quantitative estimate of drug-likeness (QED) is 0.811. The smallest absolute Gasteiger partial charge is 0.227 e. The number of carbonyl (C=O) groups excluding carboxylic acids is 1. The predicted octanol–water partition coefficient (Wildman–Crippen LogP) is 3.95. The minimum absolute atomic E-state index is 0.194. The minimum atomic E-state index is 0.194. The Kier molecular flexibility index (Phi) is 5.33. The molecule has 1 heterocycles. The highest BCUT2D eigenvalue weighted by atomic mass is 35.5. The molecule has 6 heteroatoms. The first-order valence-electron chi connectivity index (χ1n) is 7.81. The Morgan fingerprint density at radius 2 is 2.00 bits per heavy atom. The van der Waals surface area contributed by atoms with Crippen LogP contribution < -0.4 is 15.5 Å². The highest BCUT2D eigenvalue weighted by Gasteiger charge is 2.21. The van der Waals surface area contributed by atoms with Crippen molar-refractivity contribution in [3.05, 3.63) is 59.1 Å². The van der Waals surface area contributed by atoms with E-state index in [1.807, 2.05) is 53.4 Å². The summed E-state index contributed by atoms with van der Waals surface area (Å²) in [7, 11) is 0. The first kappa shape index (κ1) is 16.7. The van der Waals surface area contributed by atoms with Crippen molar-refractivity contribution in [1.82, 2.24) is 5.32 Å². The highest BCUT2D eigenvalue weighted by Crippen LogP contribution is 2.22. The number of hydrogen-bond acceptors (Lipinski definition) is 2. The third-order valence-electron chi connectivity index (χ3n) is 3.85. The normalized spacial score (nSPS) is 13.9. The number of thiocarbonyl (C=S) groups is 1. The lowest BCUT2D eigenvalue weighted by molar-refractivity contribution is -0.117. The van der Waals surface area contributed by atoms with E-state index in [9.17, 15) is 4.79 Å². The van der Waals surface area contributed by atoms with Crippen molar-refractivity contribution >= 4 is 46.2 Å². The second-order valence-electron chi connectivity index (χ2n) is 5.63. The summed E-state index contributed by atoms with van der Waals surface area (Å²) in [6.45, 7) is 1.39. The summed E-state index contributed by atoms with van der Waals surface area (Å²) in [6.07, 6.45) is 1.56. The van der Waals surface area contributed by atoms with Crippen LogP contribution in [0.15, 0.2) is 48.5 Å². The molecule has 0 spiro atoms. The van der Waals surface area contributed by atoms with Crippen LogP contribution in [0, 0.1) is 0 Å². The van der Waals surface area contributed by atoms with Crippen LogP contribution in [0.1, 0.15) is 18.4 Å². The monoisotopic (exact) mass is 359 g/mol. The van der Waals surface area contributed by atoms with Crippen LogP contribution in [-0.2, 0) is 11.3 Å².